The summed E-state index contributed by atoms with van der Waals surface area (Å²) in [5, 5.41) is 0. The molecule has 0 N–H and O–H groups in total. The summed E-state index contributed by atoms with van der Waals surface area (Å²) in [4.78, 5) is 0. The van der Waals surface area contributed by atoms with E-state index in [-0.39, 0.29) is 0 Å². The first-order valence-electron chi connectivity index (χ1n) is 8.96. The molecule has 1 aliphatic rings. The quantitative estimate of drug-likeness (QED) is 0.384. The first-order valence-corrected chi connectivity index (χ1v) is 8.96. The van der Waals surface area contributed by atoms with Crippen LogP contribution in [0.25, 0.3) is 22.3 Å². The Labute approximate surface area is 156 Å². The second kappa shape index (κ2) is 6.38. The molecular formula is C24H16B2. The van der Waals surface area contributed by atoms with Gasteiger partial charge < -0.3 is 0 Å². The molecule has 5 rings (SSSR count). The average Bonchev–Trinajstić information content (AvgIpc) is 2.70. The Kier molecular flexibility index (Phi) is 3.75. The minimum Gasteiger partial charge on any atom is -0.0737 e. The van der Waals surface area contributed by atoms with Crippen LogP contribution in [0, 0.1) is 0 Å². The van der Waals surface area contributed by atoms with Gasteiger partial charge in [0.1, 0.15) is 0 Å². The van der Waals surface area contributed by atoms with Crippen LogP contribution in [-0.2, 0) is 0 Å². The molecule has 0 unspecified atom stereocenters. The monoisotopic (exact) mass is 326 g/mol. The standard InChI is InChI=1S/C24H16B2/c1-5-13-21-17(9-1)18-10-2-6-14-22(18)26-24-16-8-4-12-20(24)19-11-3-7-15-23(19)25-21/h1-16H. The van der Waals surface area contributed by atoms with Crippen molar-refractivity contribution in [3.63, 3.8) is 0 Å². The van der Waals surface area contributed by atoms with E-state index < -0.39 is 0 Å². The maximum absolute atomic E-state index is 2.31. The van der Waals surface area contributed by atoms with Crippen LogP contribution < -0.4 is 21.9 Å². The van der Waals surface area contributed by atoms with Gasteiger partial charge in [-0.15, -0.1) is 0 Å². The number of fused-ring (bicyclic) bond motifs is 6. The molecule has 0 aromatic heterocycles. The molecule has 118 valence electrons. The molecule has 1 heterocycles. The van der Waals surface area contributed by atoms with E-state index in [0.29, 0.717) is 0 Å². The Bertz CT molecular complexity index is 922. The summed E-state index contributed by atoms with van der Waals surface area (Å²) < 4.78 is 0. The van der Waals surface area contributed by atoms with Crippen molar-refractivity contribution in [1.82, 2.24) is 0 Å². The minimum absolute atomic E-state index is 1.25. The Morgan fingerprint density at radius 3 is 0.808 bits per heavy atom. The third kappa shape index (κ3) is 2.59. The van der Waals surface area contributed by atoms with E-state index in [4.69, 9.17) is 0 Å². The highest BCUT2D eigenvalue weighted by atomic mass is 14.1. The lowest BCUT2D eigenvalue weighted by atomic mass is 9.54. The van der Waals surface area contributed by atoms with Gasteiger partial charge in [0.05, 0.1) is 0 Å². The summed E-state index contributed by atoms with van der Waals surface area (Å²) in [5.41, 5.74) is 10.1. The maximum Gasteiger partial charge on any atom is 0.193 e. The summed E-state index contributed by atoms with van der Waals surface area (Å²) in [7, 11) is 4.62. The third-order valence-corrected chi connectivity index (χ3v) is 5.05. The summed E-state index contributed by atoms with van der Waals surface area (Å²) in [6.45, 7) is 0. The molecule has 26 heavy (non-hydrogen) atoms. The van der Waals surface area contributed by atoms with Crippen molar-refractivity contribution in [2.24, 2.45) is 0 Å². The van der Waals surface area contributed by atoms with Crippen molar-refractivity contribution < 1.29 is 0 Å². The number of benzene rings is 4. The van der Waals surface area contributed by atoms with Gasteiger partial charge in [0.2, 0.25) is 0 Å². The van der Waals surface area contributed by atoms with Crippen LogP contribution in [0.3, 0.4) is 0 Å². The van der Waals surface area contributed by atoms with Gasteiger partial charge >= 0.3 is 0 Å². The zero-order valence-corrected chi connectivity index (χ0v) is 14.4. The van der Waals surface area contributed by atoms with Gasteiger partial charge in [-0.25, -0.2) is 0 Å². The molecule has 4 aromatic rings. The molecule has 0 saturated carbocycles. The fourth-order valence-electron chi connectivity index (χ4n) is 3.81. The molecule has 0 aliphatic carbocycles. The molecule has 4 aromatic carbocycles. The normalized spacial score (nSPS) is 11.7. The van der Waals surface area contributed by atoms with Crippen LogP contribution in [0.2, 0.25) is 0 Å². The number of hydrogen-bond acceptors (Lipinski definition) is 0. The van der Waals surface area contributed by atoms with Crippen LogP contribution in [0.4, 0.5) is 0 Å². The Morgan fingerprint density at radius 1 is 0.308 bits per heavy atom. The van der Waals surface area contributed by atoms with Gasteiger partial charge in [-0.1, -0.05) is 119 Å². The van der Waals surface area contributed by atoms with E-state index in [1.54, 1.807) is 0 Å². The molecule has 0 spiro atoms. The molecule has 2 heteroatoms. The summed E-state index contributed by atoms with van der Waals surface area (Å²) in [5.74, 6) is 0. The van der Waals surface area contributed by atoms with Gasteiger partial charge in [0, 0.05) is 0 Å². The molecule has 2 radical (unpaired) electrons. The average molecular weight is 326 g/mol. The lowest BCUT2D eigenvalue weighted by Crippen LogP contribution is -2.36. The van der Waals surface area contributed by atoms with Crippen LogP contribution in [0.5, 0.6) is 0 Å². The highest BCUT2D eigenvalue weighted by Gasteiger charge is 2.18. The maximum atomic E-state index is 2.31. The van der Waals surface area contributed by atoms with Gasteiger partial charge in [0.15, 0.2) is 14.6 Å². The zero-order valence-electron chi connectivity index (χ0n) is 14.4. The SMILES string of the molecule is [B]1c2ccccc2-c2ccccc2[B]c2ccccc2-c2ccccc21. The predicted molar refractivity (Wildman–Crippen MR) is 114 cm³/mol. The van der Waals surface area contributed by atoms with Gasteiger partial charge in [0.25, 0.3) is 0 Å². The molecule has 0 amide bonds. The van der Waals surface area contributed by atoms with E-state index in [1.165, 1.54) is 44.1 Å². The van der Waals surface area contributed by atoms with E-state index in [9.17, 15) is 0 Å². The van der Waals surface area contributed by atoms with Crippen LogP contribution in [0.1, 0.15) is 0 Å². The van der Waals surface area contributed by atoms with Crippen LogP contribution >= 0.6 is 0 Å². The lowest BCUT2D eigenvalue weighted by molar-refractivity contribution is 1.65. The Hall–Kier alpha value is -2.99. The van der Waals surface area contributed by atoms with Crippen molar-refractivity contribution in [2.75, 3.05) is 0 Å². The lowest BCUT2D eigenvalue weighted by Gasteiger charge is -2.19. The molecular weight excluding hydrogens is 310 g/mol. The summed E-state index contributed by atoms with van der Waals surface area (Å²) in [6.07, 6.45) is 0. The Balaban J connectivity index is 1.84. The van der Waals surface area contributed by atoms with Crippen molar-refractivity contribution in [2.45, 2.75) is 0 Å². The Morgan fingerprint density at radius 2 is 0.538 bits per heavy atom. The summed E-state index contributed by atoms with van der Waals surface area (Å²) in [6, 6.07) is 34.6. The molecule has 1 aliphatic heterocycles. The molecule has 0 bridgehead atoms. The van der Waals surface area contributed by atoms with E-state index in [1.807, 2.05) is 0 Å². The zero-order chi connectivity index (χ0) is 17.3. The topological polar surface area (TPSA) is 0 Å². The first-order chi connectivity index (χ1) is 12.9. The fraction of sp³-hybridized carbons (Fsp3) is 0. The molecule has 0 nitrogen and oxygen atoms in total. The highest BCUT2D eigenvalue weighted by molar-refractivity contribution is 6.73. The fourth-order valence-corrected chi connectivity index (χ4v) is 3.81. The van der Waals surface area contributed by atoms with E-state index in [2.05, 4.69) is 112 Å². The third-order valence-electron chi connectivity index (χ3n) is 5.05. The van der Waals surface area contributed by atoms with Crippen molar-refractivity contribution in [1.29, 1.82) is 0 Å². The second-order valence-electron chi connectivity index (χ2n) is 6.64. The predicted octanol–water partition coefficient (Wildman–Crippen LogP) is 2.64. The van der Waals surface area contributed by atoms with Crippen molar-refractivity contribution >= 4 is 36.4 Å². The minimum atomic E-state index is 1.25. The number of hydrogen-bond donors (Lipinski definition) is 0. The second-order valence-corrected chi connectivity index (χ2v) is 6.64. The van der Waals surface area contributed by atoms with Crippen LogP contribution in [0.15, 0.2) is 97.1 Å². The summed E-state index contributed by atoms with van der Waals surface area (Å²) >= 11 is 0. The number of rotatable bonds is 0. The molecule has 0 fully saturated rings. The molecule has 0 saturated heterocycles. The smallest absolute Gasteiger partial charge is 0.0737 e. The van der Waals surface area contributed by atoms with E-state index >= 15 is 0 Å². The van der Waals surface area contributed by atoms with Crippen molar-refractivity contribution in [3.05, 3.63) is 97.1 Å². The van der Waals surface area contributed by atoms with Gasteiger partial charge in [-0.2, -0.15) is 0 Å². The van der Waals surface area contributed by atoms with Crippen molar-refractivity contribution in [3.8, 4) is 22.3 Å². The van der Waals surface area contributed by atoms with E-state index in [0.717, 1.165) is 0 Å². The molecule has 0 atom stereocenters. The van der Waals surface area contributed by atoms with Crippen LogP contribution in [-0.4, -0.2) is 14.6 Å². The van der Waals surface area contributed by atoms with Gasteiger partial charge in [-0.05, 0) is 22.3 Å². The van der Waals surface area contributed by atoms with Gasteiger partial charge in [-0.3, -0.25) is 0 Å². The highest BCUT2D eigenvalue weighted by Crippen LogP contribution is 2.19. The largest absolute Gasteiger partial charge is 0.193 e. The first kappa shape index (κ1) is 15.3.